The summed E-state index contributed by atoms with van der Waals surface area (Å²) in [5.41, 5.74) is 0.554. The lowest BCUT2D eigenvalue weighted by Gasteiger charge is -2.35. The summed E-state index contributed by atoms with van der Waals surface area (Å²) in [5, 5.41) is 12.6. The quantitative estimate of drug-likeness (QED) is 0.820. The summed E-state index contributed by atoms with van der Waals surface area (Å²) >= 11 is 0. The van der Waals surface area contributed by atoms with E-state index in [-0.39, 0.29) is 18.4 Å². The number of hydrogen-bond donors (Lipinski definition) is 2. The SMILES string of the molecule is O=C(NCC1(C(=O)O)CCCCC1)C1CCN(Cc2ccccc2)CC1. The van der Waals surface area contributed by atoms with Crippen LogP contribution in [0.5, 0.6) is 0 Å². The van der Waals surface area contributed by atoms with Crippen molar-refractivity contribution in [3.63, 3.8) is 0 Å². The Bertz CT molecular complexity index is 603. The van der Waals surface area contributed by atoms with Crippen LogP contribution < -0.4 is 5.32 Å². The van der Waals surface area contributed by atoms with Crippen molar-refractivity contribution < 1.29 is 14.7 Å². The van der Waals surface area contributed by atoms with Crippen LogP contribution in [0.25, 0.3) is 0 Å². The summed E-state index contributed by atoms with van der Waals surface area (Å²) in [4.78, 5) is 26.7. The lowest BCUT2D eigenvalue weighted by Crippen LogP contribution is -2.47. The molecule has 1 aliphatic heterocycles. The van der Waals surface area contributed by atoms with Gasteiger partial charge >= 0.3 is 5.97 Å². The molecule has 1 amide bonds. The molecular formula is C21H30N2O3. The molecular weight excluding hydrogens is 328 g/mol. The van der Waals surface area contributed by atoms with Crippen molar-refractivity contribution in [2.45, 2.75) is 51.5 Å². The number of nitrogens with one attached hydrogen (secondary N) is 1. The third-order valence-electron chi connectivity index (χ3n) is 6.07. The molecule has 1 aromatic rings. The Balaban J connectivity index is 1.45. The van der Waals surface area contributed by atoms with Gasteiger partial charge in [-0.25, -0.2) is 0 Å². The summed E-state index contributed by atoms with van der Waals surface area (Å²) in [6.07, 6.45) is 6.04. The highest BCUT2D eigenvalue weighted by Gasteiger charge is 2.40. The van der Waals surface area contributed by atoms with Gasteiger partial charge in [0.2, 0.25) is 5.91 Å². The zero-order valence-electron chi connectivity index (χ0n) is 15.5. The monoisotopic (exact) mass is 358 g/mol. The van der Waals surface area contributed by atoms with Gasteiger partial charge in [-0.1, -0.05) is 49.6 Å². The molecule has 0 radical (unpaired) electrons. The van der Waals surface area contributed by atoms with Gasteiger partial charge in [-0.2, -0.15) is 0 Å². The Labute approximate surface area is 155 Å². The molecule has 1 saturated carbocycles. The number of rotatable bonds is 6. The molecule has 0 bridgehead atoms. The molecule has 1 saturated heterocycles. The summed E-state index contributed by atoms with van der Waals surface area (Å²) in [6, 6.07) is 10.4. The summed E-state index contributed by atoms with van der Waals surface area (Å²) in [5.74, 6) is -0.706. The van der Waals surface area contributed by atoms with Gasteiger partial charge in [-0.15, -0.1) is 0 Å². The van der Waals surface area contributed by atoms with Gasteiger partial charge in [-0.3, -0.25) is 14.5 Å². The Morgan fingerprint density at radius 1 is 1.08 bits per heavy atom. The molecule has 0 spiro atoms. The molecule has 0 aromatic heterocycles. The molecule has 1 aromatic carbocycles. The molecule has 2 N–H and O–H groups in total. The van der Waals surface area contributed by atoms with E-state index in [1.165, 1.54) is 5.56 Å². The molecule has 2 fully saturated rings. The van der Waals surface area contributed by atoms with Crippen molar-refractivity contribution in [2.75, 3.05) is 19.6 Å². The zero-order valence-corrected chi connectivity index (χ0v) is 15.5. The largest absolute Gasteiger partial charge is 0.481 e. The van der Waals surface area contributed by atoms with Crippen LogP contribution in [0.4, 0.5) is 0 Å². The highest BCUT2D eigenvalue weighted by atomic mass is 16.4. The van der Waals surface area contributed by atoms with Gasteiger partial charge in [-0.05, 0) is 44.3 Å². The first-order valence-corrected chi connectivity index (χ1v) is 9.86. The lowest BCUT2D eigenvalue weighted by atomic mass is 9.74. The molecule has 1 aliphatic carbocycles. The maximum atomic E-state index is 12.5. The fraction of sp³-hybridized carbons (Fsp3) is 0.619. The van der Waals surface area contributed by atoms with Crippen LogP contribution in [0.1, 0.15) is 50.5 Å². The number of carbonyl (C=O) groups excluding carboxylic acids is 1. The number of likely N-dealkylation sites (tertiary alicyclic amines) is 1. The second-order valence-corrected chi connectivity index (χ2v) is 7.90. The van der Waals surface area contributed by atoms with Crippen molar-refractivity contribution in [3.8, 4) is 0 Å². The molecule has 26 heavy (non-hydrogen) atoms. The first kappa shape index (κ1) is 18.9. The molecule has 0 unspecified atom stereocenters. The fourth-order valence-corrected chi connectivity index (χ4v) is 4.29. The minimum Gasteiger partial charge on any atom is -0.481 e. The van der Waals surface area contributed by atoms with Crippen LogP contribution in [-0.4, -0.2) is 41.5 Å². The molecule has 142 valence electrons. The summed E-state index contributed by atoms with van der Waals surface area (Å²) < 4.78 is 0. The van der Waals surface area contributed by atoms with E-state index in [0.717, 1.165) is 51.7 Å². The third-order valence-corrected chi connectivity index (χ3v) is 6.07. The van der Waals surface area contributed by atoms with Crippen LogP contribution in [0.2, 0.25) is 0 Å². The summed E-state index contributed by atoms with van der Waals surface area (Å²) in [6.45, 7) is 3.04. The second-order valence-electron chi connectivity index (χ2n) is 7.90. The predicted molar refractivity (Wildman–Crippen MR) is 101 cm³/mol. The highest BCUT2D eigenvalue weighted by molar-refractivity contribution is 5.80. The van der Waals surface area contributed by atoms with E-state index < -0.39 is 11.4 Å². The van der Waals surface area contributed by atoms with Crippen LogP contribution >= 0.6 is 0 Å². The normalized spacial score (nSPS) is 21.2. The van der Waals surface area contributed by atoms with Gasteiger partial charge in [0.05, 0.1) is 5.41 Å². The number of nitrogens with zero attached hydrogens (tertiary/aromatic N) is 1. The number of hydrogen-bond acceptors (Lipinski definition) is 3. The van der Waals surface area contributed by atoms with Crippen molar-refractivity contribution in [1.82, 2.24) is 10.2 Å². The Hall–Kier alpha value is -1.88. The maximum absolute atomic E-state index is 12.5. The van der Waals surface area contributed by atoms with E-state index in [1.807, 2.05) is 6.07 Å². The zero-order chi connectivity index (χ0) is 18.4. The average molecular weight is 358 g/mol. The highest BCUT2D eigenvalue weighted by Crippen LogP contribution is 2.36. The summed E-state index contributed by atoms with van der Waals surface area (Å²) in [7, 11) is 0. The lowest BCUT2D eigenvalue weighted by molar-refractivity contribution is -0.151. The van der Waals surface area contributed by atoms with E-state index in [2.05, 4.69) is 34.5 Å². The first-order chi connectivity index (χ1) is 12.6. The second kappa shape index (κ2) is 8.67. The fourth-order valence-electron chi connectivity index (χ4n) is 4.29. The smallest absolute Gasteiger partial charge is 0.311 e. The average Bonchev–Trinajstić information content (AvgIpc) is 2.68. The number of benzene rings is 1. The van der Waals surface area contributed by atoms with Crippen molar-refractivity contribution in [1.29, 1.82) is 0 Å². The number of carboxylic acid groups (broad SMARTS) is 1. The van der Waals surface area contributed by atoms with E-state index in [4.69, 9.17) is 0 Å². The van der Waals surface area contributed by atoms with Gasteiger partial charge in [0, 0.05) is 19.0 Å². The number of amides is 1. The number of carbonyl (C=O) groups is 2. The van der Waals surface area contributed by atoms with Crippen LogP contribution in [0.15, 0.2) is 30.3 Å². The van der Waals surface area contributed by atoms with Crippen LogP contribution in [0.3, 0.4) is 0 Å². The van der Waals surface area contributed by atoms with Crippen molar-refractivity contribution in [2.24, 2.45) is 11.3 Å². The van der Waals surface area contributed by atoms with E-state index in [1.54, 1.807) is 0 Å². The topological polar surface area (TPSA) is 69.6 Å². The minimum absolute atomic E-state index is 0.0106. The minimum atomic E-state index is -0.754. The van der Waals surface area contributed by atoms with Gasteiger partial charge in [0.15, 0.2) is 0 Å². The van der Waals surface area contributed by atoms with E-state index >= 15 is 0 Å². The predicted octanol–water partition coefficient (Wildman–Crippen LogP) is 3.05. The van der Waals surface area contributed by atoms with Gasteiger partial charge in [0.1, 0.15) is 0 Å². The maximum Gasteiger partial charge on any atom is 0.311 e. The van der Waals surface area contributed by atoms with Crippen LogP contribution in [0, 0.1) is 11.3 Å². The molecule has 1 heterocycles. The Morgan fingerprint density at radius 2 is 1.73 bits per heavy atom. The molecule has 2 aliphatic rings. The van der Waals surface area contributed by atoms with Gasteiger partial charge in [0.25, 0.3) is 0 Å². The van der Waals surface area contributed by atoms with Crippen molar-refractivity contribution in [3.05, 3.63) is 35.9 Å². The molecule has 5 heteroatoms. The number of aliphatic carboxylic acids is 1. The molecule has 0 atom stereocenters. The number of piperidine rings is 1. The Kier molecular flexibility index (Phi) is 6.30. The standard InChI is InChI=1S/C21H30N2O3/c24-19(22-16-21(20(25)26)11-5-2-6-12-21)18-9-13-23(14-10-18)15-17-7-3-1-4-8-17/h1,3-4,7-8,18H,2,5-6,9-16H2,(H,22,24)(H,25,26). The first-order valence-electron chi connectivity index (χ1n) is 9.86. The van der Waals surface area contributed by atoms with Crippen molar-refractivity contribution >= 4 is 11.9 Å². The van der Waals surface area contributed by atoms with Crippen LogP contribution in [-0.2, 0) is 16.1 Å². The third kappa shape index (κ3) is 4.64. The molecule has 5 nitrogen and oxygen atoms in total. The number of carboxylic acids is 1. The van der Waals surface area contributed by atoms with E-state index in [0.29, 0.717) is 12.8 Å². The molecule has 3 rings (SSSR count). The van der Waals surface area contributed by atoms with E-state index in [9.17, 15) is 14.7 Å². The van der Waals surface area contributed by atoms with Gasteiger partial charge < -0.3 is 10.4 Å². The Morgan fingerprint density at radius 3 is 2.35 bits per heavy atom.